The van der Waals surface area contributed by atoms with Crippen LogP contribution in [0, 0.1) is 18.3 Å². The highest BCUT2D eigenvalue weighted by atomic mass is 16.1. The molecule has 0 spiro atoms. The van der Waals surface area contributed by atoms with Gasteiger partial charge in [-0.05, 0) is 24.6 Å². The van der Waals surface area contributed by atoms with Crippen LogP contribution >= 0.6 is 0 Å². The first-order valence-corrected chi connectivity index (χ1v) is 6.56. The number of hydrogen-bond donors (Lipinski definition) is 1. The molecule has 0 aromatic heterocycles. The fourth-order valence-electron chi connectivity index (χ4n) is 1.75. The number of nitrogens with zero attached hydrogens (tertiary/aromatic N) is 2. The van der Waals surface area contributed by atoms with Crippen LogP contribution in [0.4, 0.5) is 5.69 Å². The molecule has 0 radical (unpaired) electrons. The number of amides is 1. The second-order valence-electron chi connectivity index (χ2n) is 4.51. The van der Waals surface area contributed by atoms with Crippen LogP contribution in [0.5, 0.6) is 0 Å². The molecule has 0 bridgehead atoms. The van der Waals surface area contributed by atoms with Crippen molar-refractivity contribution in [2.75, 3.05) is 18.4 Å². The van der Waals surface area contributed by atoms with Gasteiger partial charge in [0.2, 0.25) is 0 Å². The quantitative estimate of drug-likeness (QED) is 0.475. The number of rotatable bonds is 7. The lowest BCUT2D eigenvalue weighted by atomic mass is 10.2. The summed E-state index contributed by atoms with van der Waals surface area (Å²) in [4.78, 5) is 13.9. The summed E-state index contributed by atoms with van der Waals surface area (Å²) in [7, 11) is 0. The van der Waals surface area contributed by atoms with E-state index >= 15 is 0 Å². The van der Waals surface area contributed by atoms with Gasteiger partial charge in [0.05, 0.1) is 0 Å². The standard InChI is InChI=1S/C17H19N3O/c1-4-9-20(10-5-2)13-15(12-18)17(21)19-16-8-6-7-14(3)11-16/h4-8,11,13H,1-2,9-10H2,3H3,(H,19,21)/b15-13-. The fraction of sp³-hybridized carbons (Fsp3) is 0.176. The maximum atomic E-state index is 12.1. The average molecular weight is 281 g/mol. The number of carbonyl (C=O) groups excluding carboxylic acids is 1. The van der Waals surface area contributed by atoms with Crippen LogP contribution in [0.3, 0.4) is 0 Å². The van der Waals surface area contributed by atoms with E-state index in [0.29, 0.717) is 18.8 Å². The van der Waals surface area contributed by atoms with E-state index in [1.807, 2.05) is 31.2 Å². The minimum absolute atomic E-state index is 0.0419. The van der Waals surface area contributed by atoms with Gasteiger partial charge in [-0.15, -0.1) is 13.2 Å². The highest BCUT2D eigenvalue weighted by Crippen LogP contribution is 2.11. The molecule has 0 atom stereocenters. The second-order valence-corrected chi connectivity index (χ2v) is 4.51. The van der Waals surface area contributed by atoms with E-state index < -0.39 is 5.91 Å². The van der Waals surface area contributed by atoms with Gasteiger partial charge in [-0.25, -0.2) is 0 Å². The lowest BCUT2D eigenvalue weighted by Crippen LogP contribution is -2.21. The zero-order valence-corrected chi connectivity index (χ0v) is 12.2. The zero-order valence-electron chi connectivity index (χ0n) is 12.2. The summed E-state index contributed by atoms with van der Waals surface area (Å²) in [6.45, 7) is 10.3. The molecule has 1 N–H and O–H groups in total. The Labute approximate surface area is 125 Å². The second kappa shape index (κ2) is 8.39. The Bertz CT molecular complexity index is 586. The van der Waals surface area contributed by atoms with Crippen molar-refractivity contribution >= 4 is 11.6 Å². The van der Waals surface area contributed by atoms with Crippen molar-refractivity contribution in [1.29, 1.82) is 5.26 Å². The van der Waals surface area contributed by atoms with Crippen LogP contribution < -0.4 is 5.32 Å². The van der Waals surface area contributed by atoms with E-state index in [9.17, 15) is 4.79 Å². The Morgan fingerprint density at radius 2 is 2.05 bits per heavy atom. The number of hydrogen-bond acceptors (Lipinski definition) is 3. The molecule has 1 aromatic carbocycles. The van der Waals surface area contributed by atoms with Gasteiger partial charge in [0, 0.05) is 25.0 Å². The largest absolute Gasteiger partial charge is 0.369 e. The van der Waals surface area contributed by atoms with E-state index in [1.54, 1.807) is 23.1 Å². The summed E-state index contributed by atoms with van der Waals surface area (Å²) in [5, 5.41) is 11.9. The third-order valence-corrected chi connectivity index (χ3v) is 2.68. The van der Waals surface area contributed by atoms with Gasteiger partial charge >= 0.3 is 0 Å². The third kappa shape index (κ3) is 5.37. The van der Waals surface area contributed by atoms with Crippen molar-refractivity contribution in [3.05, 3.63) is 66.9 Å². The van der Waals surface area contributed by atoms with Gasteiger partial charge in [0.15, 0.2) is 0 Å². The molecule has 0 fully saturated rings. The molecule has 0 aliphatic heterocycles. The zero-order chi connectivity index (χ0) is 15.7. The summed E-state index contributed by atoms with van der Waals surface area (Å²) in [5.41, 5.74) is 1.75. The SMILES string of the molecule is C=CCN(/C=C(/C#N)C(=O)Nc1cccc(C)c1)CC=C. The molecule has 0 aliphatic carbocycles. The highest BCUT2D eigenvalue weighted by Gasteiger charge is 2.11. The molecule has 1 amide bonds. The normalized spacial score (nSPS) is 10.4. The monoisotopic (exact) mass is 281 g/mol. The molecule has 108 valence electrons. The minimum atomic E-state index is -0.429. The highest BCUT2D eigenvalue weighted by molar-refractivity contribution is 6.06. The lowest BCUT2D eigenvalue weighted by molar-refractivity contribution is -0.112. The summed E-state index contributed by atoms with van der Waals surface area (Å²) < 4.78 is 0. The van der Waals surface area contributed by atoms with Crippen LogP contribution in [0.1, 0.15) is 5.56 Å². The van der Waals surface area contributed by atoms with Crippen molar-refractivity contribution in [1.82, 2.24) is 4.90 Å². The first-order chi connectivity index (χ1) is 10.1. The molecule has 0 aliphatic rings. The van der Waals surface area contributed by atoms with E-state index in [4.69, 9.17) is 5.26 Å². The summed E-state index contributed by atoms with van der Waals surface area (Å²) >= 11 is 0. The van der Waals surface area contributed by atoms with Crippen LogP contribution in [0.25, 0.3) is 0 Å². The molecule has 4 nitrogen and oxygen atoms in total. The lowest BCUT2D eigenvalue weighted by Gasteiger charge is -2.16. The molecule has 4 heteroatoms. The fourth-order valence-corrected chi connectivity index (χ4v) is 1.75. The molecule has 0 heterocycles. The minimum Gasteiger partial charge on any atom is -0.369 e. The number of carbonyl (C=O) groups is 1. The van der Waals surface area contributed by atoms with Gasteiger partial charge in [0.25, 0.3) is 5.91 Å². The summed E-state index contributed by atoms with van der Waals surface area (Å²) in [5.74, 6) is -0.429. The van der Waals surface area contributed by atoms with Crippen molar-refractivity contribution in [3.8, 4) is 6.07 Å². The molecule has 1 rings (SSSR count). The average Bonchev–Trinajstić information content (AvgIpc) is 2.45. The van der Waals surface area contributed by atoms with Gasteiger partial charge in [0.1, 0.15) is 11.6 Å². The Morgan fingerprint density at radius 3 is 2.57 bits per heavy atom. The van der Waals surface area contributed by atoms with E-state index in [-0.39, 0.29) is 5.57 Å². The topological polar surface area (TPSA) is 56.1 Å². The van der Waals surface area contributed by atoms with Gasteiger partial charge in [-0.2, -0.15) is 5.26 Å². The number of benzene rings is 1. The number of anilines is 1. The first-order valence-electron chi connectivity index (χ1n) is 6.56. The van der Waals surface area contributed by atoms with Crippen molar-refractivity contribution in [2.24, 2.45) is 0 Å². The third-order valence-electron chi connectivity index (χ3n) is 2.68. The Morgan fingerprint density at radius 1 is 1.38 bits per heavy atom. The molecule has 0 unspecified atom stereocenters. The summed E-state index contributed by atoms with van der Waals surface area (Å²) in [6.07, 6.45) is 4.93. The Hall–Kier alpha value is -2.80. The van der Waals surface area contributed by atoms with Crippen molar-refractivity contribution in [3.63, 3.8) is 0 Å². The molecule has 1 aromatic rings. The smallest absolute Gasteiger partial charge is 0.267 e. The van der Waals surface area contributed by atoms with Crippen LogP contribution in [-0.2, 0) is 4.79 Å². The molecular weight excluding hydrogens is 262 g/mol. The molecular formula is C17H19N3O. The molecule has 0 saturated heterocycles. The Kier molecular flexibility index (Phi) is 6.49. The predicted molar refractivity (Wildman–Crippen MR) is 85.5 cm³/mol. The van der Waals surface area contributed by atoms with Gasteiger partial charge in [-0.3, -0.25) is 4.79 Å². The predicted octanol–water partition coefficient (Wildman–Crippen LogP) is 3.02. The number of aryl methyl sites for hydroxylation is 1. The van der Waals surface area contributed by atoms with Gasteiger partial charge < -0.3 is 10.2 Å². The van der Waals surface area contributed by atoms with Crippen LogP contribution in [0.2, 0.25) is 0 Å². The maximum Gasteiger partial charge on any atom is 0.267 e. The summed E-state index contributed by atoms with van der Waals surface area (Å²) in [6, 6.07) is 9.34. The van der Waals surface area contributed by atoms with E-state index in [2.05, 4.69) is 18.5 Å². The first kappa shape index (κ1) is 16.3. The van der Waals surface area contributed by atoms with Crippen LogP contribution in [-0.4, -0.2) is 23.9 Å². The molecule has 0 saturated carbocycles. The Balaban J connectivity index is 2.87. The van der Waals surface area contributed by atoms with Gasteiger partial charge in [-0.1, -0.05) is 24.3 Å². The molecule has 21 heavy (non-hydrogen) atoms. The van der Waals surface area contributed by atoms with E-state index in [1.165, 1.54) is 6.20 Å². The maximum absolute atomic E-state index is 12.1. The van der Waals surface area contributed by atoms with Crippen LogP contribution in [0.15, 0.2) is 61.3 Å². The number of nitrogens with one attached hydrogen (secondary N) is 1. The number of nitriles is 1. The van der Waals surface area contributed by atoms with E-state index in [0.717, 1.165) is 5.56 Å². The van der Waals surface area contributed by atoms with Crippen molar-refractivity contribution < 1.29 is 4.79 Å². The van der Waals surface area contributed by atoms with Crippen molar-refractivity contribution in [2.45, 2.75) is 6.92 Å².